The van der Waals surface area contributed by atoms with E-state index < -0.39 is 39.3 Å². The molecular weight excluding hydrogens is 700 g/mol. The largest absolute Gasteiger partial charge is 0.497 e. The van der Waals surface area contributed by atoms with Crippen molar-refractivity contribution < 1.29 is 36.2 Å². The number of thiazole rings is 1. The van der Waals surface area contributed by atoms with Crippen molar-refractivity contribution in [1.29, 1.82) is 0 Å². The Morgan fingerprint density at radius 1 is 1.00 bits per heavy atom. The first kappa shape index (κ1) is 35.9. The highest BCUT2D eigenvalue weighted by Gasteiger charge is 2.37. The smallest absolute Gasteiger partial charge is 0.416 e. The molecule has 0 saturated carbocycles. The summed E-state index contributed by atoms with van der Waals surface area (Å²) in [7, 11) is -2.57. The van der Waals surface area contributed by atoms with Crippen LogP contribution in [0.2, 0.25) is 0 Å². The van der Waals surface area contributed by atoms with Crippen molar-refractivity contribution in [3.05, 3.63) is 113 Å². The molecule has 8 nitrogen and oxygen atoms in total. The number of hydrogen-bond acceptors (Lipinski definition) is 6. The van der Waals surface area contributed by atoms with Crippen molar-refractivity contribution in [3.63, 3.8) is 0 Å². The summed E-state index contributed by atoms with van der Waals surface area (Å²) in [5.74, 6) is 0.639. The van der Waals surface area contributed by atoms with Crippen molar-refractivity contribution in [1.82, 2.24) is 9.88 Å². The number of amides is 1. The first-order valence-corrected chi connectivity index (χ1v) is 18.4. The van der Waals surface area contributed by atoms with Gasteiger partial charge >= 0.3 is 12.3 Å². The van der Waals surface area contributed by atoms with Crippen LogP contribution >= 0.6 is 11.3 Å². The van der Waals surface area contributed by atoms with Gasteiger partial charge in [0.15, 0.2) is 5.13 Å². The highest BCUT2D eigenvalue weighted by atomic mass is 32.2. The van der Waals surface area contributed by atoms with Gasteiger partial charge in [-0.3, -0.25) is 0 Å². The number of fused-ring (bicyclic) bond motifs is 1. The molecular formula is C38H36F3N3O5S2. The third-order valence-corrected chi connectivity index (χ3v) is 11.6. The zero-order valence-electron chi connectivity index (χ0n) is 28.3. The standard InChI is InChI=1S/C38H36F3N3O5S2/c1-37(2,3)34-21-26(16-18-43(34)36(45)46)33-22-27(38(39,40)41)10-14-32(33)31-7-5-6-25-20-29(13-15-30(25)31)51(47,48)44(35-42-17-19-50-35)23-24-8-11-28(49-4)12-9-24/h5-15,17,19-22,34H,16,18,23H2,1-4H3,(H,45,46). The molecule has 0 radical (unpaired) electrons. The Balaban J connectivity index is 1.46. The van der Waals surface area contributed by atoms with E-state index in [9.17, 15) is 31.5 Å². The molecule has 1 amide bonds. The molecule has 1 N–H and O–H groups in total. The number of aromatic nitrogens is 1. The zero-order chi connectivity index (χ0) is 36.7. The fourth-order valence-electron chi connectivity index (χ4n) is 6.40. The summed E-state index contributed by atoms with van der Waals surface area (Å²) in [6, 6.07) is 20.1. The molecule has 1 aliphatic heterocycles. The number of hydrogen-bond donors (Lipinski definition) is 1. The summed E-state index contributed by atoms with van der Waals surface area (Å²) in [6.45, 7) is 5.83. The lowest BCUT2D eigenvalue weighted by Crippen LogP contribution is -2.48. The quantitative estimate of drug-likeness (QED) is 0.170. The first-order valence-electron chi connectivity index (χ1n) is 16.1. The van der Waals surface area contributed by atoms with Crippen molar-refractivity contribution >= 4 is 48.9 Å². The van der Waals surface area contributed by atoms with Gasteiger partial charge in [0.2, 0.25) is 0 Å². The van der Waals surface area contributed by atoms with Crippen LogP contribution in [0, 0.1) is 5.41 Å². The third kappa shape index (κ3) is 7.31. The summed E-state index contributed by atoms with van der Waals surface area (Å²) in [5.41, 5.74) is 1.49. The lowest BCUT2D eigenvalue weighted by atomic mass is 9.80. The van der Waals surface area contributed by atoms with Crippen LogP contribution < -0.4 is 9.04 Å². The maximum atomic E-state index is 14.2. The number of ether oxygens (including phenoxy) is 1. The zero-order valence-corrected chi connectivity index (χ0v) is 29.9. The van der Waals surface area contributed by atoms with Gasteiger partial charge in [-0.1, -0.05) is 69.3 Å². The number of nitrogens with zero attached hydrogens (tertiary/aromatic N) is 3. The van der Waals surface area contributed by atoms with E-state index in [-0.39, 0.29) is 24.4 Å². The van der Waals surface area contributed by atoms with E-state index in [2.05, 4.69) is 4.98 Å². The maximum Gasteiger partial charge on any atom is 0.416 e. The number of benzene rings is 4. The summed E-state index contributed by atoms with van der Waals surface area (Å²) < 4.78 is 77.2. The SMILES string of the molecule is COc1ccc(CN(c2nccs2)S(=O)(=O)c2ccc3c(-c4ccc(C(F)(F)F)cc4C4=CC(C(C)(C)C)N(C(=O)O)CC4)cccc3c2)cc1. The normalized spacial score (nSPS) is 15.5. The van der Waals surface area contributed by atoms with Gasteiger partial charge in [0, 0.05) is 18.1 Å². The van der Waals surface area contributed by atoms with Gasteiger partial charge in [-0.05, 0) is 86.8 Å². The number of carboxylic acid groups (broad SMARTS) is 1. The molecule has 266 valence electrons. The highest BCUT2D eigenvalue weighted by molar-refractivity contribution is 7.93. The molecule has 0 spiro atoms. The fourth-order valence-corrected chi connectivity index (χ4v) is 8.71. The van der Waals surface area contributed by atoms with Crippen LogP contribution in [0.15, 0.2) is 101 Å². The summed E-state index contributed by atoms with van der Waals surface area (Å²) in [6.07, 6.45) is -2.17. The van der Waals surface area contributed by atoms with Gasteiger partial charge in [0.1, 0.15) is 5.75 Å². The molecule has 51 heavy (non-hydrogen) atoms. The topological polar surface area (TPSA) is 100 Å². The van der Waals surface area contributed by atoms with Gasteiger partial charge < -0.3 is 14.7 Å². The Bertz CT molecular complexity index is 2210. The molecule has 1 unspecified atom stereocenters. The maximum absolute atomic E-state index is 14.2. The van der Waals surface area contributed by atoms with Crippen molar-refractivity contribution in [2.75, 3.05) is 18.0 Å². The van der Waals surface area contributed by atoms with Crippen LogP contribution in [0.3, 0.4) is 0 Å². The lowest BCUT2D eigenvalue weighted by molar-refractivity contribution is -0.137. The molecule has 6 rings (SSSR count). The minimum atomic E-state index is -4.60. The first-order chi connectivity index (χ1) is 24.1. The highest BCUT2D eigenvalue weighted by Crippen LogP contribution is 2.42. The second-order valence-corrected chi connectivity index (χ2v) is 16.1. The van der Waals surface area contributed by atoms with Crippen LogP contribution in [0.4, 0.5) is 23.1 Å². The van der Waals surface area contributed by atoms with Crippen molar-refractivity contribution in [3.8, 4) is 16.9 Å². The Kier molecular flexibility index (Phi) is 9.64. The number of methoxy groups -OCH3 is 1. The lowest BCUT2D eigenvalue weighted by Gasteiger charge is -2.40. The molecule has 0 saturated heterocycles. The van der Waals surface area contributed by atoms with Gasteiger partial charge in [0.25, 0.3) is 10.0 Å². The monoisotopic (exact) mass is 735 g/mol. The van der Waals surface area contributed by atoms with E-state index in [4.69, 9.17) is 4.74 Å². The average Bonchev–Trinajstić information content (AvgIpc) is 3.63. The van der Waals surface area contributed by atoms with Crippen LogP contribution in [0.5, 0.6) is 5.75 Å². The number of rotatable bonds is 8. The van der Waals surface area contributed by atoms with Gasteiger partial charge in [-0.2, -0.15) is 13.2 Å². The number of alkyl halides is 3. The summed E-state index contributed by atoms with van der Waals surface area (Å²) in [5, 5.41) is 13.1. The van der Waals surface area contributed by atoms with Crippen LogP contribution in [0.1, 0.15) is 43.9 Å². The van der Waals surface area contributed by atoms with Crippen LogP contribution in [-0.2, 0) is 22.7 Å². The van der Waals surface area contributed by atoms with Gasteiger partial charge in [-0.15, -0.1) is 11.3 Å². The Morgan fingerprint density at radius 2 is 1.75 bits per heavy atom. The minimum absolute atomic E-state index is 0.0246. The van der Waals surface area contributed by atoms with Crippen LogP contribution in [0.25, 0.3) is 27.5 Å². The van der Waals surface area contributed by atoms with Crippen molar-refractivity contribution in [2.45, 2.75) is 50.9 Å². The predicted octanol–water partition coefficient (Wildman–Crippen LogP) is 9.57. The Hall–Kier alpha value is -4.88. The van der Waals surface area contributed by atoms with Gasteiger partial charge in [-0.25, -0.2) is 22.5 Å². The predicted molar refractivity (Wildman–Crippen MR) is 193 cm³/mol. The molecule has 0 aliphatic carbocycles. The Labute approximate surface area is 298 Å². The van der Waals surface area contributed by atoms with E-state index in [0.717, 1.165) is 17.7 Å². The van der Waals surface area contributed by atoms with E-state index in [1.807, 2.05) is 20.8 Å². The second-order valence-electron chi connectivity index (χ2n) is 13.3. The fraction of sp³-hybridized carbons (Fsp3) is 0.263. The summed E-state index contributed by atoms with van der Waals surface area (Å²) >= 11 is 1.19. The van der Waals surface area contributed by atoms with E-state index >= 15 is 0 Å². The molecule has 1 aliphatic rings. The van der Waals surface area contributed by atoms with E-state index in [0.29, 0.717) is 43.9 Å². The molecule has 1 aromatic heterocycles. The van der Waals surface area contributed by atoms with E-state index in [1.54, 1.807) is 73.2 Å². The molecule has 0 fully saturated rings. The average molecular weight is 736 g/mol. The second kappa shape index (κ2) is 13.7. The van der Waals surface area contributed by atoms with Crippen molar-refractivity contribution in [2.24, 2.45) is 5.41 Å². The number of carbonyl (C=O) groups is 1. The van der Waals surface area contributed by atoms with Gasteiger partial charge in [0.05, 0.1) is 30.2 Å². The van der Waals surface area contributed by atoms with Crippen LogP contribution in [-0.4, -0.2) is 49.2 Å². The minimum Gasteiger partial charge on any atom is -0.497 e. The molecule has 0 bridgehead atoms. The molecule has 13 heteroatoms. The molecule has 4 aromatic carbocycles. The Morgan fingerprint density at radius 3 is 2.37 bits per heavy atom. The number of anilines is 1. The summed E-state index contributed by atoms with van der Waals surface area (Å²) in [4.78, 5) is 17.7. The number of sulfonamides is 1. The number of halogens is 3. The molecule has 5 aromatic rings. The third-order valence-electron chi connectivity index (χ3n) is 8.99. The molecule has 1 atom stereocenters. The molecule has 2 heterocycles. The van der Waals surface area contributed by atoms with E-state index in [1.165, 1.54) is 38.9 Å².